The SMILES string of the molecule is CCOCCC1(CN=C(N)NC(C)(C)C)CC1.I. The lowest BCUT2D eigenvalue weighted by atomic mass is 10.0. The molecule has 5 heteroatoms. The Kier molecular flexibility index (Phi) is 7.51. The van der Waals surface area contributed by atoms with Crippen LogP contribution in [-0.4, -0.2) is 31.3 Å². The summed E-state index contributed by atoms with van der Waals surface area (Å²) in [6, 6.07) is 0. The van der Waals surface area contributed by atoms with Crippen molar-refractivity contribution in [1.82, 2.24) is 5.32 Å². The summed E-state index contributed by atoms with van der Waals surface area (Å²) in [5, 5.41) is 3.18. The van der Waals surface area contributed by atoms with E-state index in [-0.39, 0.29) is 29.5 Å². The molecular weight excluding hydrogens is 341 g/mol. The Morgan fingerprint density at radius 1 is 1.39 bits per heavy atom. The molecule has 0 atom stereocenters. The van der Waals surface area contributed by atoms with Crippen LogP contribution >= 0.6 is 24.0 Å². The maximum absolute atomic E-state index is 5.86. The average molecular weight is 369 g/mol. The normalized spacial score (nSPS) is 18.1. The molecule has 4 nitrogen and oxygen atoms in total. The second-order valence-electron chi connectivity index (χ2n) is 6.02. The van der Waals surface area contributed by atoms with Crippen LogP contribution < -0.4 is 11.1 Å². The number of halogens is 1. The second-order valence-corrected chi connectivity index (χ2v) is 6.02. The lowest BCUT2D eigenvalue weighted by Gasteiger charge is -2.21. The van der Waals surface area contributed by atoms with Crippen LogP contribution in [0.15, 0.2) is 4.99 Å². The maximum atomic E-state index is 5.86. The highest BCUT2D eigenvalue weighted by molar-refractivity contribution is 14.0. The Morgan fingerprint density at radius 2 is 2.00 bits per heavy atom. The van der Waals surface area contributed by atoms with Crippen molar-refractivity contribution < 1.29 is 4.74 Å². The molecule has 0 spiro atoms. The van der Waals surface area contributed by atoms with Gasteiger partial charge in [-0.1, -0.05) is 0 Å². The second kappa shape index (κ2) is 7.53. The molecule has 108 valence electrons. The standard InChI is InChI=1S/C13H27N3O.HI/c1-5-17-9-8-13(6-7-13)10-15-11(14)16-12(2,3)4;/h5-10H2,1-4H3,(H3,14,15,16);1H. The Bertz CT molecular complexity index is 270. The van der Waals surface area contributed by atoms with Crippen molar-refractivity contribution in [3.05, 3.63) is 0 Å². The summed E-state index contributed by atoms with van der Waals surface area (Å²) >= 11 is 0. The fourth-order valence-electron chi connectivity index (χ4n) is 1.77. The predicted molar refractivity (Wildman–Crippen MR) is 87.6 cm³/mol. The third kappa shape index (κ3) is 7.41. The van der Waals surface area contributed by atoms with Crippen molar-refractivity contribution in [2.75, 3.05) is 19.8 Å². The molecule has 0 amide bonds. The molecule has 0 bridgehead atoms. The van der Waals surface area contributed by atoms with Crippen LogP contribution in [0.4, 0.5) is 0 Å². The van der Waals surface area contributed by atoms with E-state index in [4.69, 9.17) is 10.5 Å². The van der Waals surface area contributed by atoms with Crippen LogP contribution in [0.25, 0.3) is 0 Å². The largest absolute Gasteiger partial charge is 0.382 e. The summed E-state index contributed by atoms with van der Waals surface area (Å²) in [5.74, 6) is 0.556. The molecule has 0 aromatic rings. The van der Waals surface area contributed by atoms with Crippen LogP contribution in [0, 0.1) is 5.41 Å². The van der Waals surface area contributed by atoms with E-state index >= 15 is 0 Å². The van der Waals surface area contributed by atoms with Gasteiger partial charge in [0.2, 0.25) is 0 Å². The van der Waals surface area contributed by atoms with Gasteiger partial charge in [-0.25, -0.2) is 0 Å². The third-order valence-corrected chi connectivity index (χ3v) is 3.03. The van der Waals surface area contributed by atoms with Gasteiger partial charge in [0.1, 0.15) is 0 Å². The number of ether oxygens (including phenoxy) is 1. The average Bonchev–Trinajstić information content (AvgIpc) is 2.94. The van der Waals surface area contributed by atoms with E-state index in [1.165, 1.54) is 12.8 Å². The zero-order chi connectivity index (χ0) is 12.9. The summed E-state index contributed by atoms with van der Waals surface area (Å²) in [5.41, 5.74) is 6.21. The summed E-state index contributed by atoms with van der Waals surface area (Å²) in [4.78, 5) is 4.45. The zero-order valence-electron chi connectivity index (χ0n) is 12.1. The van der Waals surface area contributed by atoms with E-state index < -0.39 is 0 Å². The highest BCUT2D eigenvalue weighted by Gasteiger charge is 2.41. The number of rotatable bonds is 6. The van der Waals surface area contributed by atoms with E-state index in [1.54, 1.807) is 0 Å². The van der Waals surface area contributed by atoms with E-state index in [0.29, 0.717) is 11.4 Å². The van der Waals surface area contributed by atoms with Gasteiger partial charge in [0.25, 0.3) is 0 Å². The first-order chi connectivity index (χ1) is 7.87. The molecule has 1 rings (SSSR count). The lowest BCUT2D eigenvalue weighted by Crippen LogP contribution is -2.45. The number of nitrogens with two attached hydrogens (primary N) is 1. The van der Waals surface area contributed by atoms with Gasteiger partial charge in [-0.15, -0.1) is 24.0 Å². The van der Waals surface area contributed by atoms with Gasteiger partial charge in [-0.3, -0.25) is 4.99 Å². The third-order valence-electron chi connectivity index (χ3n) is 3.03. The Hall–Kier alpha value is -0.0400. The number of guanidine groups is 1. The quantitative estimate of drug-likeness (QED) is 0.327. The summed E-state index contributed by atoms with van der Waals surface area (Å²) in [7, 11) is 0. The van der Waals surface area contributed by atoms with Gasteiger partial charge in [0.05, 0.1) is 0 Å². The lowest BCUT2D eigenvalue weighted by molar-refractivity contribution is 0.129. The Balaban J connectivity index is 0.00000289. The van der Waals surface area contributed by atoms with E-state index in [1.807, 2.05) is 6.92 Å². The zero-order valence-corrected chi connectivity index (χ0v) is 14.4. The summed E-state index contributed by atoms with van der Waals surface area (Å²) < 4.78 is 5.40. The molecule has 18 heavy (non-hydrogen) atoms. The van der Waals surface area contributed by atoms with Crippen molar-refractivity contribution >= 4 is 29.9 Å². The minimum Gasteiger partial charge on any atom is -0.382 e. The van der Waals surface area contributed by atoms with Gasteiger partial charge < -0.3 is 15.8 Å². The van der Waals surface area contributed by atoms with Crippen molar-refractivity contribution in [3.8, 4) is 0 Å². The molecule has 1 fully saturated rings. The van der Waals surface area contributed by atoms with Crippen LogP contribution in [0.5, 0.6) is 0 Å². The van der Waals surface area contributed by atoms with Crippen LogP contribution in [0.1, 0.15) is 47.0 Å². The molecule has 0 aliphatic heterocycles. The van der Waals surface area contributed by atoms with Gasteiger partial charge >= 0.3 is 0 Å². The highest BCUT2D eigenvalue weighted by atomic mass is 127. The van der Waals surface area contributed by atoms with E-state index in [0.717, 1.165) is 26.2 Å². The molecule has 0 radical (unpaired) electrons. The molecule has 0 unspecified atom stereocenters. The van der Waals surface area contributed by atoms with Crippen molar-refractivity contribution in [2.45, 2.75) is 52.5 Å². The summed E-state index contributed by atoms with van der Waals surface area (Å²) in [6.07, 6.45) is 3.62. The van der Waals surface area contributed by atoms with Crippen LogP contribution in [-0.2, 0) is 4.74 Å². The maximum Gasteiger partial charge on any atom is 0.189 e. The Morgan fingerprint density at radius 3 is 2.44 bits per heavy atom. The fraction of sp³-hybridized carbons (Fsp3) is 0.923. The van der Waals surface area contributed by atoms with Crippen molar-refractivity contribution in [1.29, 1.82) is 0 Å². The molecule has 1 saturated carbocycles. The number of nitrogens with zero attached hydrogens (tertiary/aromatic N) is 1. The molecule has 3 N–H and O–H groups in total. The predicted octanol–water partition coefficient (Wildman–Crippen LogP) is 2.51. The molecule has 0 heterocycles. The van der Waals surface area contributed by atoms with Crippen molar-refractivity contribution in [2.24, 2.45) is 16.1 Å². The molecule has 0 saturated heterocycles. The highest BCUT2D eigenvalue weighted by Crippen LogP contribution is 2.48. The van der Waals surface area contributed by atoms with Gasteiger partial charge in [0.15, 0.2) is 5.96 Å². The number of nitrogens with one attached hydrogen (secondary N) is 1. The van der Waals surface area contributed by atoms with Crippen molar-refractivity contribution in [3.63, 3.8) is 0 Å². The summed E-state index contributed by atoms with van der Waals surface area (Å²) in [6.45, 7) is 10.7. The first-order valence-corrected chi connectivity index (χ1v) is 6.53. The Labute approximate surface area is 128 Å². The molecule has 0 aromatic carbocycles. The first-order valence-electron chi connectivity index (χ1n) is 6.53. The number of hydrogen-bond donors (Lipinski definition) is 2. The molecule has 0 aromatic heterocycles. The minimum absolute atomic E-state index is 0. The topological polar surface area (TPSA) is 59.6 Å². The van der Waals surface area contributed by atoms with Gasteiger partial charge in [-0.05, 0) is 52.4 Å². The number of hydrogen-bond acceptors (Lipinski definition) is 2. The van der Waals surface area contributed by atoms with E-state index in [2.05, 4.69) is 31.1 Å². The molecular formula is C13H28IN3O. The van der Waals surface area contributed by atoms with Crippen LogP contribution in [0.2, 0.25) is 0 Å². The minimum atomic E-state index is -0.0182. The first kappa shape index (κ1) is 18.0. The smallest absolute Gasteiger partial charge is 0.189 e. The monoisotopic (exact) mass is 369 g/mol. The molecule has 1 aliphatic carbocycles. The fourth-order valence-corrected chi connectivity index (χ4v) is 1.77. The van der Waals surface area contributed by atoms with E-state index in [9.17, 15) is 0 Å². The number of aliphatic imine (C=N–C) groups is 1. The van der Waals surface area contributed by atoms with Gasteiger partial charge in [-0.2, -0.15) is 0 Å². The molecule has 1 aliphatic rings. The van der Waals surface area contributed by atoms with Gasteiger partial charge in [0, 0.05) is 25.3 Å². The van der Waals surface area contributed by atoms with Crippen LogP contribution in [0.3, 0.4) is 0 Å².